The molecule has 1 aliphatic carbocycles. The molecular formula is C15H18BrNO. The van der Waals surface area contributed by atoms with Gasteiger partial charge in [0.1, 0.15) is 0 Å². The van der Waals surface area contributed by atoms with Crippen molar-refractivity contribution in [3.8, 4) is 0 Å². The van der Waals surface area contributed by atoms with E-state index in [1.807, 2.05) is 0 Å². The minimum absolute atomic E-state index is 0.0847. The fourth-order valence-corrected chi connectivity index (χ4v) is 3.59. The standard InChI is InChI=1S/C15H18BrNO/c16-14(8-10-2-1-3-10)12-5-4-11-6-7-17-15(18)13(11)9-12/h4-5,9-10,14H,1-3,6-8H2,(H,17,18). The van der Waals surface area contributed by atoms with Crippen molar-refractivity contribution in [2.75, 3.05) is 6.54 Å². The van der Waals surface area contributed by atoms with Gasteiger partial charge >= 0.3 is 0 Å². The molecule has 0 bridgehead atoms. The van der Waals surface area contributed by atoms with Crippen LogP contribution in [0.25, 0.3) is 0 Å². The number of amides is 1. The van der Waals surface area contributed by atoms with Crippen LogP contribution in [0.2, 0.25) is 0 Å². The van der Waals surface area contributed by atoms with Gasteiger partial charge < -0.3 is 5.32 Å². The summed E-state index contributed by atoms with van der Waals surface area (Å²) in [6, 6.07) is 6.37. The number of hydrogen-bond acceptors (Lipinski definition) is 1. The highest BCUT2D eigenvalue weighted by Gasteiger charge is 2.23. The summed E-state index contributed by atoms with van der Waals surface area (Å²) >= 11 is 3.78. The Hall–Kier alpha value is -0.830. The van der Waals surface area contributed by atoms with E-state index in [4.69, 9.17) is 0 Å². The number of carbonyl (C=O) groups is 1. The van der Waals surface area contributed by atoms with Crippen molar-refractivity contribution >= 4 is 21.8 Å². The number of alkyl halides is 1. The van der Waals surface area contributed by atoms with Crippen LogP contribution in [0, 0.1) is 5.92 Å². The molecule has 1 aromatic carbocycles. The van der Waals surface area contributed by atoms with Crippen LogP contribution >= 0.6 is 15.9 Å². The van der Waals surface area contributed by atoms with Gasteiger partial charge in [0.05, 0.1) is 0 Å². The van der Waals surface area contributed by atoms with Crippen LogP contribution in [0.15, 0.2) is 18.2 Å². The molecule has 1 atom stereocenters. The summed E-state index contributed by atoms with van der Waals surface area (Å²) in [4.78, 5) is 12.2. The lowest BCUT2D eigenvalue weighted by Gasteiger charge is -2.28. The molecule has 96 valence electrons. The first-order valence-corrected chi connectivity index (χ1v) is 7.70. The molecule has 1 fully saturated rings. The second kappa shape index (κ2) is 5.04. The molecule has 0 spiro atoms. The highest BCUT2D eigenvalue weighted by molar-refractivity contribution is 9.09. The third-order valence-electron chi connectivity index (χ3n) is 4.19. The number of carbonyl (C=O) groups excluding carboxylic acids is 1. The predicted molar refractivity (Wildman–Crippen MR) is 76.1 cm³/mol. The SMILES string of the molecule is O=C1NCCc2ccc(C(Br)CC3CCC3)cc21. The number of rotatable bonds is 3. The van der Waals surface area contributed by atoms with Crippen LogP contribution in [0.4, 0.5) is 0 Å². The van der Waals surface area contributed by atoms with Crippen molar-refractivity contribution in [1.29, 1.82) is 0 Å². The summed E-state index contributed by atoms with van der Waals surface area (Å²) in [7, 11) is 0. The second-order valence-electron chi connectivity index (χ2n) is 5.42. The molecule has 0 aromatic heterocycles. The Labute approximate surface area is 116 Å². The minimum atomic E-state index is 0.0847. The maximum Gasteiger partial charge on any atom is 0.251 e. The van der Waals surface area contributed by atoms with Crippen LogP contribution < -0.4 is 5.32 Å². The third kappa shape index (κ3) is 2.33. The third-order valence-corrected chi connectivity index (χ3v) is 5.09. The molecule has 1 aliphatic heterocycles. The maximum absolute atomic E-state index is 11.8. The molecule has 1 amide bonds. The zero-order valence-electron chi connectivity index (χ0n) is 10.4. The van der Waals surface area contributed by atoms with Gasteiger partial charge in [-0.15, -0.1) is 0 Å². The van der Waals surface area contributed by atoms with E-state index in [0.29, 0.717) is 4.83 Å². The molecular weight excluding hydrogens is 290 g/mol. The molecule has 2 nitrogen and oxygen atoms in total. The lowest BCUT2D eigenvalue weighted by atomic mass is 9.81. The lowest BCUT2D eigenvalue weighted by Crippen LogP contribution is -2.31. The Morgan fingerprint density at radius 3 is 2.94 bits per heavy atom. The van der Waals surface area contributed by atoms with Crippen molar-refractivity contribution in [3.05, 3.63) is 34.9 Å². The van der Waals surface area contributed by atoms with Crippen LogP contribution in [0.3, 0.4) is 0 Å². The smallest absolute Gasteiger partial charge is 0.251 e. The fraction of sp³-hybridized carbons (Fsp3) is 0.533. The lowest BCUT2D eigenvalue weighted by molar-refractivity contribution is 0.0946. The van der Waals surface area contributed by atoms with Gasteiger partial charge in [-0.2, -0.15) is 0 Å². The zero-order chi connectivity index (χ0) is 12.5. The van der Waals surface area contributed by atoms with Gasteiger partial charge in [-0.1, -0.05) is 47.3 Å². The van der Waals surface area contributed by atoms with Gasteiger partial charge in [-0.25, -0.2) is 0 Å². The molecule has 0 saturated heterocycles. The van der Waals surface area contributed by atoms with Crippen molar-refractivity contribution in [3.63, 3.8) is 0 Å². The molecule has 1 saturated carbocycles. The van der Waals surface area contributed by atoms with Crippen molar-refractivity contribution < 1.29 is 4.79 Å². The Morgan fingerprint density at radius 2 is 2.22 bits per heavy atom. The van der Waals surface area contributed by atoms with E-state index in [1.54, 1.807) is 0 Å². The van der Waals surface area contributed by atoms with Crippen LogP contribution in [0.1, 0.15) is 52.0 Å². The average molecular weight is 308 g/mol. The highest BCUT2D eigenvalue weighted by atomic mass is 79.9. The van der Waals surface area contributed by atoms with Gasteiger partial charge in [0.25, 0.3) is 5.91 Å². The minimum Gasteiger partial charge on any atom is -0.352 e. The number of halogens is 1. The number of benzene rings is 1. The zero-order valence-corrected chi connectivity index (χ0v) is 12.0. The Kier molecular flexibility index (Phi) is 3.42. The van der Waals surface area contributed by atoms with Crippen LogP contribution in [-0.2, 0) is 6.42 Å². The Balaban J connectivity index is 1.79. The first-order valence-electron chi connectivity index (χ1n) is 6.79. The Morgan fingerprint density at radius 1 is 1.39 bits per heavy atom. The van der Waals surface area contributed by atoms with E-state index >= 15 is 0 Å². The summed E-state index contributed by atoms with van der Waals surface area (Å²) < 4.78 is 0. The second-order valence-corrected chi connectivity index (χ2v) is 6.53. The average Bonchev–Trinajstić information content (AvgIpc) is 2.34. The molecule has 2 aliphatic rings. The molecule has 0 radical (unpaired) electrons. The largest absolute Gasteiger partial charge is 0.352 e. The van der Waals surface area contributed by atoms with Crippen LogP contribution in [0.5, 0.6) is 0 Å². The molecule has 1 heterocycles. The van der Waals surface area contributed by atoms with Gasteiger partial charge in [-0.05, 0) is 36.0 Å². The quantitative estimate of drug-likeness (QED) is 0.849. The summed E-state index contributed by atoms with van der Waals surface area (Å²) in [5.41, 5.74) is 3.31. The van der Waals surface area contributed by atoms with Crippen LogP contribution in [-0.4, -0.2) is 12.5 Å². The summed E-state index contributed by atoms with van der Waals surface area (Å²) in [6.07, 6.45) is 6.27. The fourth-order valence-electron chi connectivity index (χ4n) is 2.78. The van der Waals surface area contributed by atoms with Crippen molar-refractivity contribution in [1.82, 2.24) is 5.32 Å². The molecule has 1 unspecified atom stereocenters. The molecule has 3 heteroatoms. The summed E-state index contributed by atoms with van der Waals surface area (Å²) in [5, 5.41) is 2.91. The van der Waals surface area contributed by atoms with Gasteiger partial charge in [0.2, 0.25) is 0 Å². The van der Waals surface area contributed by atoms with E-state index in [0.717, 1.165) is 24.4 Å². The van der Waals surface area contributed by atoms with Gasteiger partial charge in [0, 0.05) is 16.9 Å². The normalized spacial score (nSPS) is 20.8. The number of nitrogens with one attached hydrogen (secondary N) is 1. The predicted octanol–water partition coefficient (Wildman–Crippen LogP) is 3.60. The van der Waals surface area contributed by atoms with Crippen molar-refractivity contribution in [2.45, 2.75) is 36.9 Å². The monoisotopic (exact) mass is 307 g/mol. The van der Waals surface area contributed by atoms with Gasteiger partial charge in [0.15, 0.2) is 0 Å². The van der Waals surface area contributed by atoms with Gasteiger partial charge in [-0.3, -0.25) is 4.79 Å². The van der Waals surface area contributed by atoms with E-state index in [-0.39, 0.29) is 5.91 Å². The van der Waals surface area contributed by atoms with E-state index < -0.39 is 0 Å². The first-order chi connectivity index (χ1) is 8.74. The molecule has 18 heavy (non-hydrogen) atoms. The molecule has 3 rings (SSSR count). The Bertz CT molecular complexity index is 468. The maximum atomic E-state index is 11.8. The van der Waals surface area contributed by atoms with E-state index in [2.05, 4.69) is 39.4 Å². The summed E-state index contributed by atoms with van der Waals surface area (Å²) in [5.74, 6) is 0.959. The molecule has 1 aromatic rings. The molecule has 1 N–H and O–H groups in total. The van der Waals surface area contributed by atoms with Crippen molar-refractivity contribution in [2.24, 2.45) is 5.92 Å². The topological polar surface area (TPSA) is 29.1 Å². The summed E-state index contributed by atoms with van der Waals surface area (Å²) in [6.45, 7) is 0.769. The van der Waals surface area contributed by atoms with E-state index in [1.165, 1.54) is 36.8 Å². The number of fused-ring (bicyclic) bond motifs is 1. The first kappa shape index (κ1) is 12.2. The number of hydrogen-bond donors (Lipinski definition) is 1. The highest BCUT2D eigenvalue weighted by Crippen LogP contribution is 2.39. The van der Waals surface area contributed by atoms with E-state index in [9.17, 15) is 4.79 Å².